The zero-order valence-corrected chi connectivity index (χ0v) is 14.7. The van der Waals surface area contributed by atoms with Crippen molar-refractivity contribution in [3.8, 4) is 5.75 Å². The van der Waals surface area contributed by atoms with Crippen LogP contribution in [0.15, 0.2) is 54.6 Å². The lowest BCUT2D eigenvalue weighted by Crippen LogP contribution is -2.14. The van der Waals surface area contributed by atoms with Gasteiger partial charge in [-0.3, -0.25) is 4.79 Å². The van der Waals surface area contributed by atoms with E-state index in [1.165, 1.54) is 32.1 Å². The average Bonchev–Trinajstić information content (AvgIpc) is 2.67. The van der Waals surface area contributed by atoms with E-state index < -0.39 is 0 Å². The van der Waals surface area contributed by atoms with Crippen molar-refractivity contribution in [3.05, 3.63) is 60.2 Å². The molecule has 0 unspecified atom stereocenters. The fourth-order valence-corrected chi connectivity index (χ4v) is 3.41. The zero-order valence-electron chi connectivity index (χ0n) is 14.7. The van der Waals surface area contributed by atoms with E-state index in [4.69, 9.17) is 4.74 Å². The second-order valence-electron chi connectivity index (χ2n) is 6.89. The van der Waals surface area contributed by atoms with E-state index in [0.29, 0.717) is 13.0 Å². The van der Waals surface area contributed by atoms with Gasteiger partial charge in [0.2, 0.25) is 5.91 Å². The van der Waals surface area contributed by atoms with Crippen LogP contribution in [0.3, 0.4) is 0 Å². The van der Waals surface area contributed by atoms with Gasteiger partial charge in [0.15, 0.2) is 0 Å². The number of ether oxygens (including phenoxy) is 1. The molecule has 1 fully saturated rings. The molecule has 2 aromatic rings. The molecule has 0 radical (unpaired) electrons. The van der Waals surface area contributed by atoms with Gasteiger partial charge in [0.1, 0.15) is 12.4 Å². The lowest BCUT2D eigenvalue weighted by molar-refractivity contribution is -0.116. The van der Waals surface area contributed by atoms with Crippen molar-refractivity contribution in [3.63, 3.8) is 0 Å². The summed E-state index contributed by atoms with van der Waals surface area (Å²) in [5, 5.41) is 2.99. The van der Waals surface area contributed by atoms with Gasteiger partial charge in [0, 0.05) is 12.1 Å². The molecule has 0 atom stereocenters. The Hall–Kier alpha value is -2.29. The minimum Gasteiger partial charge on any atom is -0.489 e. The molecule has 0 spiro atoms. The summed E-state index contributed by atoms with van der Waals surface area (Å²) in [7, 11) is 0. The van der Waals surface area contributed by atoms with Crippen molar-refractivity contribution in [2.75, 3.05) is 5.32 Å². The Balaban J connectivity index is 1.41. The van der Waals surface area contributed by atoms with Gasteiger partial charge in [-0.2, -0.15) is 0 Å². The van der Waals surface area contributed by atoms with Gasteiger partial charge in [-0.15, -0.1) is 0 Å². The highest BCUT2D eigenvalue weighted by molar-refractivity contribution is 5.90. The first kappa shape index (κ1) is 17.5. The topological polar surface area (TPSA) is 38.3 Å². The molecule has 1 saturated carbocycles. The predicted molar refractivity (Wildman–Crippen MR) is 102 cm³/mol. The first-order valence-corrected chi connectivity index (χ1v) is 9.36. The van der Waals surface area contributed by atoms with E-state index in [9.17, 15) is 4.79 Å². The highest BCUT2D eigenvalue weighted by Gasteiger charge is 2.14. The van der Waals surface area contributed by atoms with E-state index >= 15 is 0 Å². The van der Waals surface area contributed by atoms with Gasteiger partial charge in [-0.25, -0.2) is 0 Å². The molecule has 1 N–H and O–H groups in total. The molecule has 0 aliphatic heterocycles. The first-order chi connectivity index (χ1) is 12.3. The van der Waals surface area contributed by atoms with E-state index in [2.05, 4.69) is 5.32 Å². The summed E-state index contributed by atoms with van der Waals surface area (Å²) in [6, 6.07) is 17.7. The Morgan fingerprint density at radius 3 is 2.40 bits per heavy atom. The molecule has 3 rings (SSSR count). The third-order valence-electron chi connectivity index (χ3n) is 4.89. The van der Waals surface area contributed by atoms with Crippen molar-refractivity contribution < 1.29 is 9.53 Å². The monoisotopic (exact) mass is 337 g/mol. The summed E-state index contributed by atoms with van der Waals surface area (Å²) < 4.78 is 5.77. The highest BCUT2D eigenvalue weighted by atomic mass is 16.5. The van der Waals surface area contributed by atoms with Crippen LogP contribution in [0.4, 0.5) is 5.69 Å². The maximum Gasteiger partial charge on any atom is 0.224 e. The maximum atomic E-state index is 12.1. The number of hydrogen-bond acceptors (Lipinski definition) is 2. The average molecular weight is 337 g/mol. The van der Waals surface area contributed by atoms with Crippen LogP contribution < -0.4 is 10.1 Å². The molecule has 132 valence electrons. The number of hydrogen-bond donors (Lipinski definition) is 1. The smallest absolute Gasteiger partial charge is 0.224 e. The van der Waals surface area contributed by atoms with Crippen LogP contribution in [0.5, 0.6) is 5.75 Å². The third-order valence-corrected chi connectivity index (χ3v) is 4.89. The van der Waals surface area contributed by atoms with Gasteiger partial charge in [0.05, 0.1) is 0 Å². The predicted octanol–water partition coefficient (Wildman–Crippen LogP) is 5.56. The Morgan fingerprint density at radius 1 is 0.960 bits per heavy atom. The molecule has 1 aliphatic rings. The fraction of sp³-hybridized carbons (Fsp3) is 0.409. The molecule has 1 aliphatic carbocycles. The van der Waals surface area contributed by atoms with Crippen LogP contribution in [-0.4, -0.2) is 5.91 Å². The normalized spacial score (nSPS) is 14.9. The first-order valence-electron chi connectivity index (χ1n) is 9.36. The van der Waals surface area contributed by atoms with E-state index in [1.807, 2.05) is 54.6 Å². The van der Waals surface area contributed by atoms with Crippen molar-refractivity contribution in [1.82, 2.24) is 0 Å². The number of anilines is 1. The largest absolute Gasteiger partial charge is 0.489 e. The molecule has 3 heteroatoms. The minimum absolute atomic E-state index is 0.114. The van der Waals surface area contributed by atoms with Crippen LogP contribution in [0, 0.1) is 5.92 Å². The highest BCUT2D eigenvalue weighted by Crippen LogP contribution is 2.27. The molecule has 0 bridgehead atoms. The molecular formula is C22H27NO2. The Bertz CT molecular complexity index is 645. The van der Waals surface area contributed by atoms with Gasteiger partial charge < -0.3 is 10.1 Å². The quantitative estimate of drug-likeness (QED) is 0.718. The van der Waals surface area contributed by atoms with Crippen molar-refractivity contribution in [2.24, 2.45) is 5.92 Å². The number of carbonyl (C=O) groups is 1. The van der Waals surface area contributed by atoms with Gasteiger partial charge >= 0.3 is 0 Å². The van der Waals surface area contributed by atoms with Crippen molar-refractivity contribution in [1.29, 1.82) is 0 Å². The van der Waals surface area contributed by atoms with Crippen molar-refractivity contribution in [2.45, 2.75) is 51.6 Å². The van der Waals surface area contributed by atoms with Crippen LogP contribution in [0.2, 0.25) is 0 Å². The van der Waals surface area contributed by atoms with E-state index in [0.717, 1.165) is 29.3 Å². The Morgan fingerprint density at radius 2 is 1.68 bits per heavy atom. The summed E-state index contributed by atoms with van der Waals surface area (Å²) in [6.07, 6.45) is 8.25. The summed E-state index contributed by atoms with van der Waals surface area (Å²) >= 11 is 0. The molecule has 3 nitrogen and oxygen atoms in total. The van der Waals surface area contributed by atoms with Crippen molar-refractivity contribution >= 4 is 11.6 Å². The second-order valence-corrected chi connectivity index (χ2v) is 6.89. The molecule has 0 heterocycles. The van der Waals surface area contributed by atoms with Gasteiger partial charge in [-0.05, 0) is 42.2 Å². The number of nitrogens with one attached hydrogen (secondary N) is 1. The van der Waals surface area contributed by atoms with E-state index in [-0.39, 0.29) is 5.91 Å². The van der Waals surface area contributed by atoms with Gasteiger partial charge in [0.25, 0.3) is 0 Å². The molecule has 25 heavy (non-hydrogen) atoms. The lowest BCUT2D eigenvalue weighted by atomic mass is 9.86. The van der Waals surface area contributed by atoms with Crippen LogP contribution in [0.1, 0.15) is 50.5 Å². The molecule has 1 amide bonds. The van der Waals surface area contributed by atoms with Crippen LogP contribution in [-0.2, 0) is 11.4 Å². The Labute approximate surface area is 150 Å². The minimum atomic E-state index is 0.114. The number of rotatable bonds is 7. The standard InChI is InChI=1S/C22H27NO2/c24-22(16-11-18-7-3-1-4-8-18)23-20-12-14-21(15-13-20)25-17-19-9-5-2-6-10-19/h2,5-6,9-10,12-15,18H,1,3-4,7-8,11,16-17H2,(H,23,24). The maximum absolute atomic E-state index is 12.1. The molecule has 0 saturated heterocycles. The van der Waals surface area contributed by atoms with E-state index in [1.54, 1.807) is 0 Å². The number of amides is 1. The lowest BCUT2D eigenvalue weighted by Gasteiger charge is -2.21. The summed E-state index contributed by atoms with van der Waals surface area (Å²) in [5.74, 6) is 1.67. The number of carbonyl (C=O) groups excluding carboxylic acids is 1. The molecule has 0 aromatic heterocycles. The molecular weight excluding hydrogens is 310 g/mol. The summed E-state index contributed by atoms with van der Waals surface area (Å²) in [6.45, 7) is 0.550. The summed E-state index contributed by atoms with van der Waals surface area (Å²) in [5.41, 5.74) is 1.98. The second kappa shape index (κ2) is 9.26. The van der Waals surface area contributed by atoms with Crippen LogP contribution in [0.25, 0.3) is 0 Å². The fourth-order valence-electron chi connectivity index (χ4n) is 3.41. The third kappa shape index (κ3) is 5.93. The molecule has 2 aromatic carbocycles. The SMILES string of the molecule is O=C(CCC1CCCCC1)Nc1ccc(OCc2ccccc2)cc1. The van der Waals surface area contributed by atoms with Gasteiger partial charge in [-0.1, -0.05) is 62.4 Å². The summed E-state index contributed by atoms with van der Waals surface area (Å²) in [4.78, 5) is 12.1. The zero-order chi connectivity index (χ0) is 17.3. The number of benzene rings is 2. The Kier molecular flexibility index (Phi) is 6.49. The van der Waals surface area contributed by atoms with Crippen LogP contribution >= 0.6 is 0 Å².